The maximum atomic E-state index is 12.6. The van der Waals surface area contributed by atoms with E-state index in [1.807, 2.05) is 51.1 Å². The number of aryl methyl sites for hydroxylation is 1. The Morgan fingerprint density at radius 3 is 2.50 bits per heavy atom. The number of hydrogen-bond donors (Lipinski definition) is 1. The van der Waals surface area contributed by atoms with E-state index in [1.165, 1.54) is 11.3 Å². The molecule has 0 atom stereocenters. The van der Waals surface area contributed by atoms with Gasteiger partial charge < -0.3 is 10.2 Å². The molecule has 0 saturated heterocycles. The van der Waals surface area contributed by atoms with Crippen LogP contribution in [0.3, 0.4) is 0 Å². The molecule has 24 heavy (non-hydrogen) atoms. The SMILES string of the molecule is CC(C)(C)N(CC(=O)Nc1nccs1)C(=O)CCc1ccccc1. The monoisotopic (exact) mass is 345 g/mol. The zero-order valence-electron chi connectivity index (χ0n) is 14.3. The zero-order valence-corrected chi connectivity index (χ0v) is 15.1. The summed E-state index contributed by atoms with van der Waals surface area (Å²) in [7, 11) is 0. The second-order valence-corrected chi connectivity index (χ2v) is 7.42. The van der Waals surface area contributed by atoms with Gasteiger partial charge in [0.25, 0.3) is 0 Å². The molecule has 0 aliphatic rings. The topological polar surface area (TPSA) is 62.3 Å². The van der Waals surface area contributed by atoms with Gasteiger partial charge in [-0.2, -0.15) is 0 Å². The lowest BCUT2D eigenvalue weighted by atomic mass is 10.0. The van der Waals surface area contributed by atoms with Crippen molar-refractivity contribution in [2.45, 2.75) is 39.2 Å². The van der Waals surface area contributed by atoms with Crippen LogP contribution in [-0.2, 0) is 16.0 Å². The van der Waals surface area contributed by atoms with Crippen molar-refractivity contribution in [3.8, 4) is 0 Å². The zero-order chi connectivity index (χ0) is 17.6. The van der Waals surface area contributed by atoms with Crippen LogP contribution in [0, 0.1) is 0 Å². The molecule has 1 N–H and O–H groups in total. The van der Waals surface area contributed by atoms with E-state index in [1.54, 1.807) is 16.5 Å². The highest BCUT2D eigenvalue weighted by Crippen LogP contribution is 2.17. The van der Waals surface area contributed by atoms with Gasteiger partial charge in [0.05, 0.1) is 0 Å². The smallest absolute Gasteiger partial charge is 0.245 e. The van der Waals surface area contributed by atoms with E-state index < -0.39 is 5.54 Å². The Labute approximate surface area is 146 Å². The molecule has 0 radical (unpaired) electrons. The van der Waals surface area contributed by atoms with Gasteiger partial charge in [0, 0.05) is 23.5 Å². The van der Waals surface area contributed by atoms with Gasteiger partial charge in [0.15, 0.2) is 5.13 Å². The van der Waals surface area contributed by atoms with Gasteiger partial charge in [-0.3, -0.25) is 9.59 Å². The summed E-state index contributed by atoms with van der Waals surface area (Å²) in [4.78, 5) is 30.5. The van der Waals surface area contributed by atoms with Crippen LogP contribution in [0.2, 0.25) is 0 Å². The van der Waals surface area contributed by atoms with Crippen LogP contribution in [0.4, 0.5) is 5.13 Å². The van der Waals surface area contributed by atoms with Crippen LogP contribution in [0.1, 0.15) is 32.8 Å². The quantitative estimate of drug-likeness (QED) is 0.873. The van der Waals surface area contributed by atoms with Crippen molar-refractivity contribution in [1.82, 2.24) is 9.88 Å². The van der Waals surface area contributed by atoms with Crippen LogP contribution in [0.5, 0.6) is 0 Å². The minimum absolute atomic E-state index is 0.0245. The minimum atomic E-state index is -0.423. The number of thiazole rings is 1. The second-order valence-electron chi connectivity index (χ2n) is 6.52. The van der Waals surface area contributed by atoms with E-state index in [4.69, 9.17) is 0 Å². The Morgan fingerprint density at radius 2 is 1.92 bits per heavy atom. The van der Waals surface area contributed by atoms with Gasteiger partial charge in [-0.1, -0.05) is 30.3 Å². The first-order valence-corrected chi connectivity index (χ1v) is 8.78. The number of carbonyl (C=O) groups excluding carboxylic acids is 2. The van der Waals surface area contributed by atoms with Gasteiger partial charge in [0.1, 0.15) is 6.54 Å². The van der Waals surface area contributed by atoms with Gasteiger partial charge >= 0.3 is 0 Å². The van der Waals surface area contributed by atoms with E-state index in [2.05, 4.69) is 10.3 Å². The number of rotatable bonds is 6. The highest BCUT2D eigenvalue weighted by atomic mass is 32.1. The summed E-state index contributed by atoms with van der Waals surface area (Å²) in [5, 5.41) is 5.07. The minimum Gasteiger partial charge on any atom is -0.329 e. The predicted octanol–water partition coefficient (Wildman–Crippen LogP) is 3.34. The molecule has 0 spiro atoms. The fourth-order valence-electron chi connectivity index (χ4n) is 2.32. The standard InChI is InChI=1S/C18H23N3O2S/c1-18(2,3)21(13-15(22)20-17-19-11-12-24-17)16(23)10-9-14-7-5-4-6-8-14/h4-8,11-12H,9-10,13H2,1-3H3,(H,19,20,22). The number of carbonyl (C=O) groups is 2. The highest BCUT2D eigenvalue weighted by molar-refractivity contribution is 7.13. The molecule has 2 rings (SSSR count). The third kappa shape index (κ3) is 5.45. The van der Waals surface area contributed by atoms with Crippen molar-refractivity contribution in [2.75, 3.05) is 11.9 Å². The van der Waals surface area contributed by atoms with Crippen molar-refractivity contribution in [3.05, 3.63) is 47.5 Å². The molecule has 0 saturated carbocycles. The Morgan fingerprint density at radius 1 is 1.21 bits per heavy atom. The first-order valence-electron chi connectivity index (χ1n) is 7.90. The number of hydrogen-bond acceptors (Lipinski definition) is 4. The summed E-state index contributed by atoms with van der Waals surface area (Å²) >= 11 is 1.36. The van der Waals surface area contributed by atoms with E-state index >= 15 is 0 Å². The van der Waals surface area contributed by atoms with Crippen LogP contribution in [0.15, 0.2) is 41.9 Å². The lowest BCUT2D eigenvalue weighted by molar-refractivity contribution is -0.139. The van der Waals surface area contributed by atoms with E-state index in [9.17, 15) is 9.59 Å². The van der Waals surface area contributed by atoms with Crippen molar-refractivity contribution in [1.29, 1.82) is 0 Å². The van der Waals surface area contributed by atoms with Crippen LogP contribution < -0.4 is 5.32 Å². The molecule has 0 aliphatic carbocycles. The molecular weight excluding hydrogens is 322 g/mol. The van der Waals surface area contributed by atoms with Gasteiger partial charge in [-0.05, 0) is 32.8 Å². The van der Waals surface area contributed by atoms with Crippen LogP contribution in [0.25, 0.3) is 0 Å². The normalized spacial score (nSPS) is 11.1. The number of aromatic nitrogens is 1. The number of anilines is 1. The van der Waals surface area contributed by atoms with Gasteiger partial charge in [-0.25, -0.2) is 4.98 Å². The van der Waals surface area contributed by atoms with Crippen molar-refractivity contribution in [3.63, 3.8) is 0 Å². The predicted molar refractivity (Wildman–Crippen MR) is 97.0 cm³/mol. The molecule has 0 bridgehead atoms. The van der Waals surface area contributed by atoms with Crippen molar-refractivity contribution >= 4 is 28.3 Å². The molecule has 6 heteroatoms. The first-order chi connectivity index (χ1) is 11.4. The Kier molecular flexibility index (Phi) is 6.09. The van der Waals surface area contributed by atoms with Gasteiger partial charge in [-0.15, -0.1) is 11.3 Å². The molecular formula is C18H23N3O2S. The molecule has 128 valence electrons. The summed E-state index contributed by atoms with van der Waals surface area (Å²) in [5.74, 6) is -0.256. The van der Waals surface area contributed by atoms with E-state index in [-0.39, 0.29) is 18.4 Å². The lowest BCUT2D eigenvalue weighted by Crippen LogP contribution is -2.49. The summed E-state index contributed by atoms with van der Waals surface area (Å²) < 4.78 is 0. The fraction of sp³-hybridized carbons (Fsp3) is 0.389. The summed E-state index contributed by atoms with van der Waals surface area (Å²) in [6, 6.07) is 9.88. The Hall–Kier alpha value is -2.21. The molecule has 0 aliphatic heterocycles. The third-order valence-corrected chi connectivity index (χ3v) is 4.25. The lowest BCUT2D eigenvalue weighted by Gasteiger charge is -2.35. The number of benzene rings is 1. The molecule has 1 aromatic carbocycles. The van der Waals surface area contributed by atoms with Crippen molar-refractivity contribution < 1.29 is 9.59 Å². The molecule has 5 nitrogen and oxygen atoms in total. The van der Waals surface area contributed by atoms with Crippen molar-refractivity contribution in [2.24, 2.45) is 0 Å². The average molecular weight is 345 g/mol. The molecule has 1 aromatic heterocycles. The first kappa shape index (κ1) is 18.1. The number of amides is 2. The molecule has 0 fully saturated rings. The number of nitrogens with zero attached hydrogens (tertiary/aromatic N) is 2. The van der Waals surface area contributed by atoms with Crippen LogP contribution >= 0.6 is 11.3 Å². The largest absolute Gasteiger partial charge is 0.329 e. The van der Waals surface area contributed by atoms with E-state index in [0.717, 1.165) is 5.56 Å². The average Bonchev–Trinajstić information content (AvgIpc) is 3.03. The number of nitrogens with one attached hydrogen (secondary N) is 1. The summed E-state index contributed by atoms with van der Waals surface area (Å²) in [5.41, 5.74) is 0.695. The molecule has 2 amide bonds. The van der Waals surface area contributed by atoms with E-state index in [0.29, 0.717) is 18.0 Å². The summed E-state index contributed by atoms with van der Waals surface area (Å²) in [6.45, 7) is 5.83. The Bertz CT molecular complexity index is 663. The maximum Gasteiger partial charge on any atom is 0.245 e. The molecule has 2 aromatic rings. The maximum absolute atomic E-state index is 12.6. The fourth-order valence-corrected chi connectivity index (χ4v) is 2.86. The third-order valence-electron chi connectivity index (χ3n) is 3.56. The molecule has 0 unspecified atom stereocenters. The van der Waals surface area contributed by atoms with Crippen LogP contribution in [-0.4, -0.2) is 33.8 Å². The Balaban J connectivity index is 1.96. The molecule has 1 heterocycles. The van der Waals surface area contributed by atoms with Gasteiger partial charge in [0.2, 0.25) is 11.8 Å². The highest BCUT2D eigenvalue weighted by Gasteiger charge is 2.28. The summed E-state index contributed by atoms with van der Waals surface area (Å²) in [6.07, 6.45) is 2.68. The second kappa shape index (κ2) is 8.06.